The van der Waals surface area contributed by atoms with E-state index in [1.807, 2.05) is 12.1 Å². The summed E-state index contributed by atoms with van der Waals surface area (Å²) in [5.74, 6) is -1.51. The first-order valence-corrected chi connectivity index (χ1v) is 7.38. The molecule has 1 atom stereocenters. The van der Waals surface area contributed by atoms with Gasteiger partial charge in [0, 0.05) is 18.0 Å². The second-order valence-electron chi connectivity index (χ2n) is 5.14. The Balaban J connectivity index is 2.11. The number of nitriles is 1. The van der Waals surface area contributed by atoms with Gasteiger partial charge in [0.2, 0.25) is 0 Å². The minimum atomic E-state index is -1.08. The number of amides is 1. The molecular weight excluding hydrogens is 294 g/mol. The molecule has 0 fully saturated rings. The van der Waals surface area contributed by atoms with Gasteiger partial charge in [-0.1, -0.05) is 18.2 Å². The van der Waals surface area contributed by atoms with E-state index in [9.17, 15) is 14.7 Å². The highest BCUT2D eigenvalue weighted by Gasteiger charge is 2.21. The molecule has 0 saturated heterocycles. The standard InChI is InChI=1S/C17H17N3O3/c18-10-5-1-2-8-15(17(22)23)20-16(21)13-9-11-19-14-7-4-3-6-12(13)14/h3-4,6-7,9,11,15H,1-2,5,8H2,(H,20,21)(H,22,23)/t15-/m0/s1. The van der Waals surface area contributed by atoms with Crippen LogP contribution in [0.3, 0.4) is 0 Å². The fourth-order valence-corrected chi connectivity index (χ4v) is 2.34. The number of fused-ring (bicyclic) bond motifs is 1. The lowest BCUT2D eigenvalue weighted by Gasteiger charge is -2.15. The van der Waals surface area contributed by atoms with E-state index in [2.05, 4.69) is 10.3 Å². The van der Waals surface area contributed by atoms with E-state index in [1.54, 1.807) is 24.3 Å². The highest BCUT2D eigenvalue weighted by atomic mass is 16.4. The molecule has 1 aromatic carbocycles. The van der Waals surface area contributed by atoms with Crippen LogP contribution in [0.5, 0.6) is 0 Å². The van der Waals surface area contributed by atoms with Crippen LogP contribution in [0.2, 0.25) is 0 Å². The van der Waals surface area contributed by atoms with E-state index >= 15 is 0 Å². The average molecular weight is 311 g/mol. The molecule has 2 N–H and O–H groups in total. The van der Waals surface area contributed by atoms with E-state index in [0.717, 1.165) is 0 Å². The summed E-state index contributed by atoms with van der Waals surface area (Å²) in [5.41, 5.74) is 1.08. The number of carboxylic acids is 1. The molecule has 1 amide bonds. The van der Waals surface area contributed by atoms with Crippen molar-refractivity contribution < 1.29 is 14.7 Å². The summed E-state index contributed by atoms with van der Waals surface area (Å²) >= 11 is 0. The minimum absolute atomic E-state index is 0.297. The summed E-state index contributed by atoms with van der Waals surface area (Å²) in [7, 11) is 0. The number of rotatable bonds is 7. The first kappa shape index (κ1) is 16.4. The van der Waals surface area contributed by atoms with Crippen molar-refractivity contribution in [3.8, 4) is 6.07 Å². The van der Waals surface area contributed by atoms with Crippen LogP contribution in [-0.2, 0) is 4.79 Å². The highest BCUT2D eigenvalue weighted by molar-refractivity contribution is 6.06. The largest absolute Gasteiger partial charge is 0.480 e. The smallest absolute Gasteiger partial charge is 0.326 e. The Morgan fingerprint density at radius 2 is 2.04 bits per heavy atom. The Bertz CT molecular complexity index is 747. The zero-order chi connectivity index (χ0) is 16.7. The topological polar surface area (TPSA) is 103 Å². The third-order valence-corrected chi connectivity index (χ3v) is 3.53. The van der Waals surface area contributed by atoms with Crippen molar-refractivity contribution in [1.29, 1.82) is 5.26 Å². The van der Waals surface area contributed by atoms with Crippen LogP contribution in [0.4, 0.5) is 0 Å². The maximum atomic E-state index is 12.4. The van der Waals surface area contributed by atoms with Crippen molar-refractivity contribution in [2.24, 2.45) is 0 Å². The van der Waals surface area contributed by atoms with E-state index in [4.69, 9.17) is 5.26 Å². The summed E-state index contributed by atoms with van der Waals surface area (Å²) in [6.07, 6.45) is 3.40. The molecule has 6 heteroatoms. The molecule has 0 unspecified atom stereocenters. The van der Waals surface area contributed by atoms with Gasteiger partial charge in [0.15, 0.2) is 0 Å². The van der Waals surface area contributed by atoms with Gasteiger partial charge in [-0.05, 0) is 31.4 Å². The molecule has 6 nitrogen and oxygen atoms in total. The van der Waals surface area contributed by atoms with Crippen molar-refractivity contribution in [2.75, 3.05) is 0 Å². The van der Waals surface area contributed by atoms with Gasteiger partial charge in [0.1, 0.15) is 6.04 Å². The molecule has 0 spiro atoms. The Morgan fingerprint density at radius 1 is 1.26 bits per heavy atom. The maximum absolute atomic E-state index is 12.4. The normalized spacial score (nSPS) is 11.6. The minimum Gasteiger partial charge on any atom is -0.480 e. The number of nitrogens with one attached hydrogen (secondary N) is 1. The van der Waals surface area contributed by atoms with Crippen molar-refractivity contribution in [2.45, 2.75) is 31.7 Å². The molecule has 0 saturated carbocycles. The van der Waals surface area contributed by atoms with Crippen molar-refractivity contribution in [3.05, 3.63) is 42.1 Å². The number of aliphatic carboxylic acids is 1. The molecule has 0 aliphatic rings. The lowest BCUT2D eigenvalue weighted by Crippen LogP contribution is -2.40. The SMILES string of the molecule is N#CCCCC[C@H](NC(=O)c1ccnc2ccccc12)C(=O)O. The monoisotopic (exact) mass is 311 g/mol. The van der Waals surface area contributed by atoms with Gasteiger partial charge in [-0.2, -0.15) is 5.26 Å². The Labute approximate surface area is 133 Å². The summed E-state index contributed by atoms with van der Waals surface area (Å²) in [6, 6.07) is 9.83. The number of carbonyl (C=O) groups excluding carboxylic acids is 1. The Morgan fingerprint density at radius 3 is 2.78 bits per heavy atom. The van der Waals surface area contributed by atoms with Crippen LogP contribution in [0.1, 0.15) is 36.0 Å². The number of hydrogen-bond acceptors (Lipinski definition) is 4. The lowest BCUT2D eigenvalue weighted by molar-refractivity contribution is -0.139. The van der Waals surface area contributed by atoms with Crippen LogP contribution in [0, 0.1) is 11.3 Å². The van der Waals surface area contributed by atoms with E-state index in [0.29, 0.717) is 42.1 Å². The number of carbonyl (C=O) groups is 2. The highest BCUT2D eigenvalue weighted by Crippen LogP contribution is 2.16. The number of aromatic nitrogens is 1. The summed E-state index contributed by atoms with van der Waals surface area (Å²) in [6.45, 7) is 0. The summed E-state index contributed by atoms with van der Waals surface area (Å²) in [5, 5.41) is 21.0. The van der Waals surface area contributed by atoms with Crippen LogP contribution in [-0.4, -0.2) is 28.0 Å². The Kier molecular flexibility index (Phi) is 5.64. The second-order valence-corrected chi connectivity index (χ2v) is 5.14. The average Bonchev–Trinajstić information content (AvgIpc) is 2.56. The van der Waals surface area contributed by atoms with Crippen LogP contribution < -0.4 is 5.32 Å². The van der Waals surface area contributed by atoms with Gasteiger partial charge >= 0.3 is 5.97 Å². The number of unbranched alkanes of at least 4 members (excludes halogenated alkanes) is 2. The predicted molar refractivity (Wildman–Crippen MR) is 84.7 cm³/mol. The van der Waals surface area contributed by atoms with Gasteiger partial charge in [-0.25, -0.2) is 4.79 Å². The van der Waals surface area contributed by atoms with Gasteiger partial charge in [0.25, 0.3) is 5.91 Å². The Hall–Kier alpha value is -2.94. The zero-order valence-corrected chi connectivity index (χ0v) is 12.5. The van der Waals surface area contributed by atoms with Crippen molar-refractivity contribution >= 4 is 22.8 Å². The summed E-state index contributed by atoms with van der Waals surface area (Å²) < 4.78 is 0. The fourth-order valence-electron chi connectivity index (χ4n) is 2.34. The molecule has 0 aliphatic heterocycles. The lowest BCUT2D eigenvalue weighted by atomic mass is 10.1. The quantitative estimate of drug-likeness (QED) is 0.765. The zero-order valence-electron chi connectivity index (χ0n) is 12.5. The first-order chi connectivity index (χ1) is 11.1. The predicted octanol–water partition coefficient (Wildman–Crippen LogP) is 2.50. The number of carboxylic acid groups (broad SMARTS) is 1. The number of nitrogens with zero attached hydrogens (tertiary/aromatic N) is 2. The van der Waals surface area contributed by atoms with Crippen molar-refractivity contribution in [1.82, 2.24) is 10.3 Å². The van der Waals surface area contributed by atoms with E-state index in [1.165, 1.54) is 6.20 Å². The number of hydrogen-bond donors (Lipinski definition) is 2. The molecule has 0 radical (unpaired) electrons. The third-order valence-electron chi connectivity index (χ3n) is 3.53. The molecule has 2 aromatic rings. The molecule has 0 bridgehead atoms. The van der Waals surface area contributed by atoms with E-state index in [-0.39, 0.29) is 0 Å². The third kappa shape index (κ3) is 4.27. The van der Waals surface area contributed by atoms with Gasteiger partial charge in [0.05, 0.1) is 17.1 Å². The molecule has 2 rings (SSSR count). The molecule has 1 aromatic heterocycles. The van der Waals surface area contributed by atoms with Gasteiger partial charge in [-0.15, -0.1) is 0 Å². The van der Waals surface area contributed by atoms with Crippen LogP contribution in [0.15, 0.2) is 36.5 Å². The fraction of sp³-hybridized carbons (Fsp3) is 0.294. The first-order valence-electron chi connectivity index (χ1n) is 7.38. The molecular formula is C17H17N3O3. The van der Waals surface area contributed by atoms with Gasteiger partial charge in [-0.3, -0.25) is 9.78 Å². The maximum Gasteiger partial charge on any atom is 0.326 e. The molecule has 1 heterocycles. The van der Waals surface area contributed by atoms with Gasteiger partial charge < -0.3 is 10.4 Å². The van der Waals surface area contributed by atoms with Crippen LogP contribution >= 0.6 is 0 Å². The molecule has 23 heavy (non-hydrogen) atoms. The second kappa shape index (κ2) is 7.90. The number of pyridine rings is 1. The molecule has 118 valence electrons. The van der Waals surface area contributed by atoms with Crippen LogP contribution in [0.25, 0.3) is 10.9 Å². The van der Waals surface area contributed by atoms with E-state index < -0.39 is 17.9 Å². The number of benzene rings is 1. The number of para-hydroxylation sites is 1. The summed E-state index contributed by atoms with van der Waals surface area (Å²) in [4.78, 5) is 27.9. The molecule has 0 aliphatic carbocycles. The van der Waals surface area contributed by atoms with Crippen molar-refractivity contribution in [3.63, 3.8) is 0 Å².